The quantitative estimate of drug-likeness (QED) is 0.873. The fourth-order valence-corrected chi connectivity index (χ4v) is 3.49. The highest BCUT2D eigenvalue weighted by atomic mass is 19.4. The number of nitrogens with one attached hydrogen (secondary N) is 1. The molecule has 144 valence electrons. The van der Waals surface area contributed by atoms with E-state index in [1.807, 2.05) is 0 Å². The lowest BCUT2D eigenvalue weighted by Gasteiger charge is -2.37. The van der Waals surface area contributed by atoms with Crippen LogP contribution in [0.3, 0.4) is 0 Å². The standard InChI is InChI=1S/C20H16F3N3O2/c1-28-15-10-6-5-9-14(15)25-18(20(21,22)23)17(13-7-3-2-4-8-13)19-24-12-11-16(27)26(19)25/h2-12,18,24H,1H3. The number of amides is 1. The number of hydrogen-bond acceptors (Lipinski definition) is 4. The molecule has 5 nitrogen and oxygen atoms in total. The van der Waals surface area contributed by atoms with E-state index >= 15 is 0 Å². The minimum Gasteiger partial charge on any atom is -0.495 e. The number of halogens is 3. The third-order valence-corrected chi connectivity index (χ3v) is 4.58. The van der Waals surface area contributed by atoms with E-state index in [-0.39, 0.29) is 22.8 Å². The number of anilines is 1. The highest BCUT2D eigenvalue weighted by Gasteiger charge is 2.56. The van der Waals surface area contributed by atoms with Crippen molar-refractivity contribution in [2.75, 3.05) is 12.1 Å². The van der Waals surface area contributed by atoms with Gasteiger partial charge < -0.3 is 10.1 Å². The molecule has 1 unspecified atom stereocenters. The Balaban J connectivity index is 1.99. The molecule has 0 aromatic heterocycles. The Labute approximate surface area is 159 Å². The predicted octanol–water partition coefficient (Wildman–Crippen LogP) is 3.68. The Kier molecular flexibility index (Phi) is 4.26. The van der Waals surface area contributed by atoms with Crippen molar-refractivity contribution in [3.05, 3.63) is 78.3 Å². The van der Waals surface area contributed by atoms with E-state index < -0.39 is 18.1 Å². The number of para-hydroxylation sites is 2. The van der Waals surface area contributed by atoms with Crippen LogP contribution < -0.4 is 15.1 Å². The maximum atomic E-state index is 14.3. The van der Waals surface area contributed by atoms with Crippen LogP contribution in [0.15, 0.2) is 72.7 Å². The van der Waals surface area contributed by atoms with Gasteiger partial charge in [-0.25, -0.2) is 0 Å². The van der Waals surface area contributed by atoms with E-state index in [4.69, 9.17) is 4.74 Å². The lowest BCUT2D eigenvalue weighted by Crippen LogP contribution is -2.53. The largest absolute Gasteiger partial charge is 0.495 e. The smallest absolute Gasteiger partial charge is 0.415 e. The molecule has 2 aromatic rings. The summed E-state index contributed by atoms with van der Waals surface area (Å²) < 4.78 is 48.3. The van der Waals surface area contributed by atoms with E-state index in [2.05, 4.69) is 5.32 Å². The number of hydrazine groups is 1. The number of ether oxygens (including phenoxy) is 1. The van der Waals surface area contributed by atoms with E-state index in [0.717, 1.165) is 10.0 Å². The summed E-state index contributed by atoms with van der Waals surface area (Å²) in [6.45, 7) is 0. The second-order valence-corrected chi connectivity index (χ2v) is 6.22. The van der Waals surface area contributed by atoms with Crippen molar-refractivity contribution in [3.63, 3.8) is 0 Å². The van der Waals surface area contributed by atoms with Gasteiger partial charge in [0.25, 0.3) is 5.91 Å². The van der Waals surface area contributed by atoms with E-state index in [1.54, 1.807) is 48.5 Å². The van der Waals surface area contributed by atoms with Gasteiger partial charge in [-0.15, -0.1) is 0 Å². The summed E-state index contributed by atoms with van der Waals surface area (Å²) >= 11 is 0. The van der Waals surface area contributed by atoms with Crippen LogP contribution in [0.25, 0.3) is 5.57 Å². The predicted molar refractivity (Wildman–Crippen MR) is 97.8 cm³/mol. The zero-order valence-electron chi connectivity index (χ0n) is 14.8. The fraction of sp³-hybridized carbons (Fsp3) is 0.150. The van der Waals surface area contributed by atoms with Crippen molar-refractivity contribution >= 4 is 17.2 Å². The van der Waals surface area contributed by atoms with Gasteiger partial charge >= 0.3 is 6.18 Å². The van der Waals surface area contributed by atoms with Crippen molar-refractivity contribution in [1.82, 2.24) is 10.3 Å². The van der Waals surface area contributed by atoms with Gasteiger partial charge in [0.1, 0.15) is 17.3 Å². The van der Waals surface area contributed by atoms with Gasteiger partial charge in [0, 0.05) is 17.8 Å². The van der Waals surface area contributed by atoms with Crippen LogP contribution in [-0.4, -0.2) is 30.2 Å². The molecule has 0 spiro atoms. The summed E-state index contributed by atoms with van der Waals surface area (Å²) in [5.41, 5.74) is 0.482. The van der Waals surface area contributed by atoms with E-state index in [9.17, 15) is 18.0 Å². The Morgan fingerprint density at radius 3 is 2.39 bits per heavy atom. The van der Waals surface area contributed by atoms with Crippen LogP contribution in [-0.2, 0) is 4.79 Å². The monoisotopic (exact) mass is 387 g/mol. The minimum absolute atomic E-state index is 0.0308. The van der Waals surface area contributed by atoms with Gasteiger partial charge in [-0.2, -0.15) is 18.2 Å². The topological polar surface area (TPSA) is 44.8 Å². The van der Waals surface area contributed by atoms with Gasteiger partial charge in [0.15, 0.2) is 6.04 Å². The summed E-state index contributed by atoms with van der Waals surface area (Å²) in [6.07, 6.45) is -2.12. The SMILES string of the molecule is COc1ccccc1N1C(C(F)(F)F)C(c2ccccc2)=C2NC=CC(=O)N21. The summed E-state index contributed by atoms with van der Waals surface area (Å²) in [5, 5.41) is 4.77. The number of rotatable bonds is 3. The second-order valence-electron chi connectivity index (χ2n) is 6.22. The van der Waals surface area contributed by atoms with Crippen LogP contribution in [0.2, 0.25) is 0 Å². The number of benzene rings is 2. The first-order chi connectivity index (χ1) is 13.4. The Bertz CT molecular complexity index is 970. The third kappa shape index (κ3) is 2.77. The zero-order chi connectivity index (χ0) is 19.9. The van der Waals surface area contributed by atoms with Crippen molar-refractivity contribution in [3.8, 4) is 5.75 Å². The van der Waals surface area contributed by atoms with Gasteiger partial charge in [0.05, 0.1) is 7.11 Å². The van der Waals surface area contributed by atoms with Gasteiger partial charge in [-0.05, 0) is 17.7 Å². The molecule has 0 fully saturated rings. The molecule has 2 heterocycles. The van der Waals surface area contributed by atoms with Crippen LogP contribution >= 0.6 is 0 Å². The molecule has 4 rings (SSSR count). The summed E-state index contributed by atoms with van der Waals surface area (Å²) in [6, 6.07) is 12.5. The second kappa shape index (κ2) is 6.63. The average Bonchev–Trinajstić information content (AvgIpc) is 3.05. The minimum atomic E-state index is -4.65. The summed E-state index contributed by atoms with van der Waals surface area (Å²) in [5.74, 6) is -0.278. The Morgan fingerprint density at radius 2 is 1.71 bits per heavy atom. The normalized spacial score (nSPS) is 19.0. The number of carbonyl (C=O) groups excluding carboxylic acids is 1. The zero-order valence-corrected chi connectivity index (χ0v) is 14.8. The first-order valence-electron chi connectivity index (χ1n) is 8.49. The molecule has 0 radical (unpaired) electrons. The molecule has 2 aliphatic heterocycles. The molecule has 8 heteroatoms. The molecular formula is C20H16F3N3O2. The number of hydrogen-bond donors (Lipinski definition) is 1. The molecule has 1 atom stereocenters. The first-order valence-corrected chi connectivity index (χ1v) is 8.49. The lowest BCUT2D eigenvalue weighted by molar-refractivity contribution is -0.143. The molecule has 0 aliphatic carbocycles. The number of nitrogens with zero attached hydrogens (tertiary/aromatic N) is 2. The van der Waals surface area contributed by atoms with Crippen LogP contribution in [0.5, 0.6) is 5.75 Å². The number of carbonyl (C=O) groups is 1. The van der Waals surface area contributed by atoms with Crippen molar-refractivity contribution in [1.29, 1.82) is 0 Å². The summed E-state index contributed by atoms with van der Waals surface area (Å²) in [4.78, 5) is 12.6. The highest BCUT2D eigenvalue weighted by molar-refractivity contribution is 5.97. The van der Waals surface area contributed by atoms with Gasteiger partial charge in [0.2, 0.25) is 0 Å². The molecule has 2 aromatic carbocycles. The molecule has 0 saturated heterocycles. The highest BCUT2D eigenvalue weighted by Crippen LogP contribution is 2.47. The number of methoxy groups -OCH3 is 1. The van der Waals surface area contributed by atoms with E-state index in [0.29, 0.717) is 5.56 Å². The van der Waals surface area contributed by atoms with Crippen molar-refractivity contribution in [2.45, 2.75) is 12.2 Å². The van der Waals surface area contributed by atoms with Crippen molar-refractivity contribution < 1.29 is 22.7 Å². The van der Waals surface area contributed by atoms with Crippen LogP contribution in [0.1, 0.15) is 5.56 Å². The summed E-state index contributed by atoms with van der Waals surface area (Å²) in [7, 11) is 1.38. The first kappa shape index (κ1) is 18.0. The third-order valence-electron chi connectivity index (χ3n) is 4.58. The maximum Gasteiger partial charge on any atom is 0.415 e. The molecule has 1 amide bonds. The lowest BCUT2D eigenvalue weighted by atomic mass is 9.98. The number of alkyl halides is 3. The van der Waals surface area contributed by atoms with Crippen LogP contribution in [0, 0.1) is 0 Å². The van der Waals surface area contributed by atoms with Crippen molar-refractivity contribution in [2.24, 2.45) is 0 Å². The molecule has 1 N–H and O–H groups in total. The maximum absolute atomic E-state index is 14.3. The molecule has 0 saturated carbocycles. The Hall–Kier alpha value is -3.42. The molecule has 0 bridgehead atoms. The van der Waals surface area contributed by atoms with Crippen LogP contribution in [0.4, 0.5) is 18.9 Å². The molecule has 2 aliphatic rings. The average molecular weight is 387 g/mol. The fourth-order valence-electron chi connectivity index (χ4n) is 3.49. The van der Waals surface area contributed by atoms with Gasteiger partial charge in [-0.1, -0.05) is 42.5 Å². The van der Waals surface area contributed by atoms with Gasteiger partial charge in [-0.3, -0.25) is 9.80 Å². The molecular weight excluding hydrogens is 371 g/mol. The van der Waals surface area contributed by atoms with E-state index in [1.165, 1.54) is 25.5 Å². The number of fused-ring (bicyclic) bond motifs is 1. The molecule has 28 heavy (non-hydrogen) atoms. The Morgan fingerprint density at radius 1 is 1.04 bits per heavy atom.